The first-order valence-electron chi connectivity index (χ1n) is 7.39. The van der Waals surface area contributed by atoms with Crippen LogP contribution in [0.1, 0.15) is 11.1 Å². The zero-order valence-electron chi connectivity index (χ0n) is 13.8. The summed E-state index contributed by atoms with van der Waals surface area (Å²) in [6, 6.07) is 13.8. The molecule has 0 aliphatic carbocycles. The van der Waals surface area contributed by atoms with Crippen LogP contribution in [-0.4, -0.2) is 38.4 Å². The lowest BCUT2D eigenvalue weighted by Crippen LogP contribution is -2.36. The maximum absolute atomic E-state index is 12.4. The lowest BCUT2D eigenvalue weighted by molar-refractivity contribution is -0.121. The maximum Gasteiger partial charge on any atom is 0.255 e. The summed E-state index contributed by atoms with van der Waals surface area (Å²) in [6.07, 6.45) is 1.48. The number of carbonyl (C=O) groups is 1. The fraction of sp³-hybridized carbons (Fsp3) is 0.176. The molecule has 0 unspecified atom stereocenters. The first kappa shape index (κ1) is 19.3. The minimum absolute atomic E-state index is 0.144. The Hall–Kier alpha value is -2.03. The molecule has 0 heterocycles. The van der Waals surface area contributed by atoms with Crippen molar-refractivity contribution in [2.75, 3.05) is 13.6 Å². The largest absolute Gasteiger partial charge is 0.272 e. The second-order valence-electron chi connectivity index (χ2n) is 5.42. The highest BCUT2D eigenvalue weighted by atomic mass is 79.9. The van der Waals surface area contributed by atoms with Crippen LogP contribution in [0.2, 0.25) is 0 Å². The number of nitrogens with one attached hydrogen (secondary N) is 1. The zero-order chi connectivity index (χ0) is 18.4. The van der Waals surface area contributed by atoms with Crippen LogP contribution >= 0.6 is 15.9 Å². The van der Waals surface area contributed by atoms with Crippen LogP contribution in [0.5, 0.6) is 0 Å². The summed E-state index contributed by atoms with van der Waals surface area (Å²) in [6.45, 7) is 1.54. The highest BCUT2D eigenvalue weighted by Gasteiger charge is 2.22. The molecule has 8 heteroatoms. The van der Waals surface area contributed by atoms with E-state index in [-0.39, 0.29) is 11.4 Å². The lowest BCUT2D eigenvalue weighted by Gasteiger charge is -2.16. The molecule has 0 bridgehead atoms. The summed E-state index contributed by atoms with van der Waals surface area (Å²) >= 11 is 3.34. The SMILES string of the molecule is Cc1ccc(S(=O)(=O)N(C)CC(=O)NN=Cc2cccc(Br)c2)cc1. The van der Waals surface area contributed by atoms with Gasteiger partial charge in [0.1, 0.15) is 0 Å². The van der Waals surface area contributed by atoms with Crippen LogP contribution in [0, 0.1) is 6.92 Å². The number of hydrogen-bond acceptors (Lipinski definition) is 4. The Bertz CT molecular complexity index is 880. The zero-order valence-corrected chi connectivity index (χ0v) is 16.2. The summed E-state index contributed by atoms with van der Waals surface area (Å²) in [4.78, 5) is 12.0. The molecule has 2 aromatic carbocycles. The molecule has 2 aromatic rings. The molecular formula is C17H18BrN3O3S. The van der Waals surface area contributed by atoms with Crippen LogP contribution in [-0.2, 0) is 14.8 Å². The van der Waals surface area contributed by atoms with Crippen molar-refractivity contribution in [3.8, 4) is 0 Å². The lowest BCUT2D eigenvalue weighted by atomic mass is 10.2. The Morgan fingerprint density at radius 3 is 2.56 bits per heavy atom. The van der Waals surface area contributed by atoms with Crippen molar-refractivity contribution in [1.29, 1.82) is 0 Å². The average molecular weight is 424 g/mol. The van der Waals surface area contributed by atoms with E-state index in [0.717, 1.165) is 19.9 Å². The summed E-state index contributed by atoms with van der Waals surface area (Å²) in [5, 5.41) is 3.84. The topological polar surface area (TPSA) is 78.8 Å². The van der Waals surface area contributed by atoms with E-state index in [9.17, 15) is 13.2 Å². The third-order valence-electron chi connectivity index (χ3n) is 3.35. The van der Waals surface area contributed by atoms with Gasteiger partial charge in [0.05, 0.1) is 17.7 Å². The van der Waals surface area contributed by atoms with Crippen LogP contribution in [0.25, 0.3) is 0 Å². The third kappa shape index (κ3) is 5.48. The quantitative estimate of drug-likeness (QED) is 0.572. The van der Waals surface area contributed by atoms with E-state index in [1.165, 1.54) is 25.4 Å². The number of carbonyl (C=O) groups excluding carboxylic acids is 1. The van der Waals surface area contributed by atoms with Gasteiger partial charge in [-0.3, -0.25) is 4.79 Å². The van der Waals surface area contributed by atoms with E-state index < -0.39 is 15.9 Å². The van der Waals surface area contributed by atoms with Gasteiger partial charge < -0.3 is 0 Å². The average Bonchev–Trinajstić information content (AvgIpc) is 2.55. The number of rotatable bonds is 6. The molecule has 0 aliphatic heterocycles. The maximum atomic E-state index is 12.4. The van der Waals surface area contributed by atoms with Gasteiger partial charge in [0.25, 0.3) is 5.91 Å². The number of likely N-dealkylation sites (N-methyl/N-ethyl adjacent to an activating group) is 1. The van der Waals surface area contributed by atoms with Crippen molar-refractivity contribution < 1.29 is 13.2 Å². The summed E-state index contributed by atoms with van der Waals surface area (Å²) in [5.41, 5.74) is 4.08. The van der Waals surface area contributed by atoms with Gasteiger partial charge >= 0.3 is 0 Å². The second-order valence-corrected chi connectivity index (χ2v) is 8.38. The van der Waals surface area contributed by atoms with Gasteiger partial charge in [-0.2, -0.15) is 9.41 Å². The van der Waals surface area contributed by atoms with E-state index >= 15 is 0 Å². The Labute approximate surface area is 155 Å². The molecule has 0 aliphatic rings. The van der Waals surface area contributed by atoms with Crippen molar-refractivity contribution in [1.82, 2.24) is 9.73 Å². The van der Waals surface area contributed by atoms with E-state index in [4.69, 9.17) is 0 Å². The Kier molecular flexibility index (Phi) is 6.46. The first-order valence-corrected chi connectivity index (χ1v) is 9.63. The number of amides is 1. The smallest absolute Gasteiger partial charge is 0.255 e. The highest BCUT2D eigenvalue weighted by Crippen LogP contribution is 2.14. The van der Waals surface area contributed by atoms with Crippen molar-refractivity contribution in [2.24, 2.45) is 5.10 Å². The van der Waals surface area contributed by atoms with Gasteiger partial charge in [-0.25, -0.2) is 13.8 Å². The van der Waals surface area contributed by atoms with Gasteiger partial charge in [-0.1, -0.05) is 45.8 Å². The predicted octanol–water partition coefficient (Wildman–Crippen LogP) is 2.53. The second kappa shape index (κ2) is 8.37. The molecule has 6 nitrogen and oxygen atoms in total. The molecular weight excluding hydrogens is 406 g/mol. The van der Waals surface area contributed by atoms with Crippen molar-refractivity contribution in [3.63, 3.8) is 0 Å². The fourth-order valence-electron chi connectivity index (χ4n) is 1.98. The highest BCUT2D eigenvalue weighted by molar-refractivity contribution is 9.10. The molecule has 1 amide bonds. The number of nitrogens with zero attached hydrogens (tertiary/aromatic N) is 2. The third-order valence-corrected chi connectivity index (χ3v) is 5.66. The molecule has 0 radical (unpaired) electrons. The number of sulfonamides is 1. The van der Waals surface area contributed by atoms with E-state index in [1.807, 2.05) is 31.2 Å². The number of hydrogen-bond donors (Lipinski definition) is 1. The molecule has 25 heavy (non-hydrogen) atoms. The Balaban J connectivity index is 1.96. The standard InChI is InChI=1S/C17H18BrN3O3S/c1-13-6-8-16(9-7-13)25(23,24)21(2)12-17(22)20-19-11-14-4-3-5-15(18)10-14/h3-11H,12H2,1-2H3,(H,20,22). The molecule has 0 saturated carbocycles. The minimum atomic E-state index is -3.72. The van der Waals surface area contributed by atoms with Crippen molar-refractivity contribution in [3.05, 3.63) is 64.1 Å². The minimum Gasteiger partial charge on any atom is -0.272 e. The van der Waals surface area contributed by atoms with Gasteiger partial charge in [-0.15, -0.1) is 0 Å². The van der Waals surface area contributed by atoms with Gasteiger partial charge in [0, 0.05) is 11.5 Å². The van der Waals surface area contributed by atoms with Gasteiger partial charge in [0.15, 0.2) is 0 Å². The predicted molar refractivity (Wildman–Crippen MR) is 101 cm³/mol. The summed E-state index contributed by atoms with van der Waals surface area (Å²) < 4.78 is 26.7. The van der Waals surface area contributed by atoms with Crippen LogP contribution < -0.4 is 5.43 Å². The van der Waals surface area contributed by atoms with Crippen LogP contribution in [0.15, 0.2) is 63.0 Å². The Morgan fingerprint density at radius 2 is 1.92 bits per heavy atom. The summed E-state index contributed by atoms with van der Waals surface area (Å²) in [5.74, 6) is -0.524. The van der Waals surface area contributed by atoms with Crippen molar-refractivity contribution in [2.45, 2.75) is 11.8 Å². The number of halogens is 1. The molecule has 0 atom stereocenters. The van der Waals surface area contributed by atoms with Gasteiger partial charge in [-0.05, 0) is 36.8 Å². The summed E-state index contributed by atoms with van der Waals surface area (Å²) in [7, 11) is -2.37. The molecule has 132 valence electrons. The molecule has 1 N–H and O–H groups in total. The van der Waals surface area contributed by atoms with Crippen molar-refractivity contribution >= 4 is 38.1 Å². The first-order chi connectivity index (χ1) is 11.8. The van der Waals surface area contributed by atoms with E-state index in [1.54, 1.807) is 12.1 Å². The van der Waals surface area contributed by atoms with Crippen LogP contribution in [0.3, 0.4) is 0 Å². The molecule has 2 rings (SSSR count). The van der Waals surface area contributed by atoms with Crippen LogP contribution in [0.4, 0.5) is 0 Å². The molecule has 0 spiro atoms. The number of aryl methyl sites for hydroxylation is 1. The number of benzene rings is 2. The normalized spacial score (nSPS) is 11.8. The van der Waals surface area contributed by atoms with E-state index in [2.05, 4.69) is 26.5 Å². The molecule has 0 saturated heterocycles. The Morgan fingerprint density at radius 1 is 1.24 bits per heavy atom. The number of hydrazone groups is 1. The fourth-order valence-corrected chi connectivity index (χ4v) is 3.52. The van der Waals surface area contributed by atoms with E-state index in [0.29, 0.717) is 0 Å². The van der Waals surface area contributed by atoms with Gasteiger partial charge in [0.2, 0.25) is 10.0 Å². The molecule has 0 fully saturated rings. The molecule has 0 aromatic heterocycles. The monoisotopic (exact) mass is 423 g/mol.